The van der Waals surface area contributed by atoms with E-state index in [9.17, 15) is 8.78 Å². The van der Waals surface area contributed by atoms with Crippen LogP contribution in [0.5, 0.6) is 17.2 Å². The molecule has 160 valence electrons. The number of piperazine rings is 1. The molecular formula is C18H29F2IN4O3. The first-order valence-electron chi connectivity index (χ1n) is 8.77. The number of alkyl halides is 2. The molecule has 0 aliphatic carbocycles. The quantitative estimate of drug-likeness (QED) is 0.343. The van der Waals surface area contributed by atoms with Gasteiger partial charge in [0.05, 0.1) is 27.9 Å². The number of ether oxygens (including phenoxy) is 3. The molecule has 7 nitrogen and oxygen atoms in total. The topological polar surface area (TPSA) is 58.6 Å². The van der Waals surface area contributed by atoms with Gasteiger partial charge in [0.2, 0.25) is 5.75 Å². The summed E-state index contributed by atoms with van der Waals surface area (Å²) in [6, 6.07) is 3.88. The Hall–Kier alpha value is -1.56. The van der Waals surface area contributed by atoms with Gasteiger partial charge in [-0.3, -0.25) is 9.89 Å². The Morgan fingerprint density at radius 1 is 1.07 bits per heavy atom. The van der Waals surface area contributed by atoms with Gasteiger partial charge in [0, 0.05) is 39.8 Å². The molecule has 0 bridgehead atoms. The van der Waals surface area contributed by atoms with Gasteiger partial charge in [0.15, 0.2) is 17.5 Å². The van der Waals surface area contributed by atoms with Gasteiger partial charge in [-0.1, -0.05) is 0 Å². The van der Waals surface area contributed by atoms with E-state index in [1.807, 2.05) is 17.0 Å². The summed E-state index contributed by atoms with van der Waals surface area (Å²) >= 11 is 0. The van der Waals surface area contributed by atoms with E-state index in [4.69, 9.17) is 14.2 Å². The van der Waals surface area contributed by atoms with Gasteiger partial charge in [0.1, 0.15) is 0 Å². The van der Waals surface area contributed by atoms with Crippen molar-refractivity contribution in [2.24, 2.45) is 4.99 Å². The van der Waals surface area contributed by atoms with Gasteiger partial charge in [-0.25, -0.2) is 8.78 Å². The lowest BCUT2D eigenvalue weighted by atomic mass is 10.1. The zero-order valence-electron chi connectivity index (χ0n) is 16.7. The first-order chi connectivity index (χ1) is 13.0. The van der Waals surface area contributed by atoms with Crippen LogP contribution in [0.1, 0.15) is 5.56 Å². The maximum atomic E-state index is 12.4. The van der Waals surface area contributed by atoms with E-state index in [1.54, 1.807) is 28.4 Å². The molecule has 1 aliphatic rings. The lowest BCUT2D eigenvalue weighted by Crippen LogP contribution is -2.52. The smallest absolute Gasteiger partial charge is 0.255 e. The lowest BCUT2D eigenvalue weighted by Gasteiger charge is -2.36. The van der Waals surface area contributed by atoms with E-state index in [0.29, 0.717) is 36.3 Å². The molecule has 1 heterocycles. The Kier molecular flexibility index (Phi) is 10.6. The minimum absolute atomic E-state index is 0. The number of halogens is 3. The highest BCUT2D eigenvalue weighted by molar-refractivity contribution is 14.0. The van der Waals surface area contributed by atoms with E-state index >= 15 is 0 Å². The predicted molar refractivity (Wildman–Crippen MR) is 116 cm³/mol. The highest BCUT2D eigenvalue weighted by atomic mass is 127. The van der Waals surface area contributed by atoms with Crippen LogP contribution < -0.4 is 19.5 Å². The number of nitrogens with zero attached hydrogens (tertiary/aromatic N) is 3. The van der Waals surface area contributed by atoms with E-state index in [0.717, 1.165) is 25.2 Å². The molecule has 1 aromatic rings. The molecule has 1 N–H and O–H groups in total. The Morgan fingerprint density at radius 3 is 2.07 bits per heavy atom. The largest absolute Gasteiger partial charge is 0.493 e. The fraction of sp³-hybridized carbons (Fsp3) is 0.611. The normalized spacial score (nSPS) is 15.2. The average Bonchev–Trinajstić information content (AvgIpc) is 2.68. The number of guanidine groups is 1. The minimum atomic E-state index is -2.40. The third-order valence-electron chi connectivity index (χ3n) is 4.43. The Balaban J connectivity index is 0.00000392. The molecule has 10 heteroatoms. The van der Waals surface area contributed by atoms with E-state index < -0.39 is 13.0 Å². The van der Waals surface area contributed by atoms with Crippen molar-refractivity contribution < 1.29 is 23.0 Å². The summed E-state index contributed by atoms with van der Waals surface area (Å²) in [6.45, 7) is 3.37. The summed E-state index contributed by atoms with van der Waals surface area (Å²) in [6.07, 6.45) is -2.40. The number of hydrogen-bond donors (Lipinski definition) is 1. The van der Waals surface area contributed by atoms with E-state index in [2.05, 4.69) is 15.2 Å². The first-order valence-corrected chi connectivity index (χ1v) is 8.77. The SMILES string of the molecule is CN=C(NCC(F)F)N1CCN(Cc2cc(OC)c(OC)c(OC)c2)CC1.I. The lowest BCUT2D eigenvalue weighted by molar-refractivity contribution is 0.146. The number of methoxy groups -OCH3 is 3. The van der Waals surface area contributed by atoms with Crippen molar-refractivity contribution >= 4 is 29.9 Å². The van der Waals surface area contributed by atoms with E-state index in [-0.39, 0.29) is 24.0 Å². The summed E-state index contributed by atoms with van der Waals surface area (Å²) in [5.74, 6) is 2.34. The van der Waals surface area contributed by atoms with Crippen LogP contribution in [-0.4, -0.2) is 83.3 Å². The molecule has 0 unspecified atom stereocenters. The number of benzene rings is 1. The molecule has 1 aromatic carbocycles. The van der Waals surface area contributed by atoms with Gasteiger partial charge in [-0.05, 0) is 17.7 Å². The Labute approximate surface area is 182 Å². The molecule has 0 aromatic heterocycles. The van der Waals surface area contributed by atoms with Crippen molar-refractivity contribution in [2.75, 3.05) is 61.1 Å². The molecule has 0 saturated carbocycles. The van der Waals surface area contributed by atoms with Crippen LogP contribution in [0.15, 0.2) is 17.1 Å². The summed E-state index contributed by atoms with van der Waals surface area (Å²) in [7, 11) is 6.38. The Morgan fingerprint density at radius 2 is 1.64 bits per heavy atom. The van der Waals surface area contributed by atoms with Crippen LogP contribution in [0.3, 0.4) is 0 Å². The van der Waals surface area contributed by atoms with Crippen molar-refractivity contribution in [2.45, 2.75) is 13.0 Å². The van der Waals surface area contributed by atoms with E-state index in [1.165, 1.54) is 0 Å². The van der Waals surface area contributed by atoms with Crippen molar-refractivity contribution in [1.82, 2.24) is 15.1 Å². The maximum Gasteiger partial charge on any atom is 0.255 e. The molecule has 0 radical (unpaired) electrons. The van der Waals surface area contributed by atoms with Gasteiger partial charge in [-0.2, -0.15) is 0 Å². The molecule has 0 spiro atoms. The minimum Gasteiger partial charge on any atom is -0.493 e. The molecule has 1 aliphatic heterocycles. The number of nitrogens with one attached hydrogen (secondary N) is 1. The van der Waals surface area contributed by atoms with Gasteiger partial charge >= 0.3 is 0 Å². The average molecular weight is 514 g/mol. The zero-order valence-corrected chi connectivity index (χ0v) is 19.0. The summed E-state index contributed by atoms with van der Waals surface area (Å²) in [5, 5.41) is 2.71. The van der Waals surface area contributed by atoms with Crippen molar-refractivity contribution in [3.05, 3.63) is 17.7 Å². The monoisotopic (exact) mass is 514 g/mol. The van der Waals surface area contributed by atoms with Crippen molar-refractivity contribution in [3.8, 4) is 17.2 Å². The van der Waals surface area contributed by atoms with Crippen LogP contribution in [0.4, 0.5) is 8.78 Å². The number of aliphatic imine (C=N–C) groups is 1. The van der Waals surface area contributed by atoms with Crippen LogP contribution >= 0.6 is 24.0 Å². The highest BCUT2D eigenvalue weighted by Gasteiger charge is 2.21. The van der Waals surface area contributed by atoms with Gasteiger partial charge in [-0.15, -0.1) is 24.0 Å². The second kappa shape index (κ2) is 12.1. The summed E-state index contributed by atoms with van der Waals surface area (Å²) in [5.41, 5.74) is 1.05. The molecule has 28 heavy (non-hydrogen) atoms. The molecule has 1 fully saturated rings. The van der Waals surface area contributed by atoms with Crippen LogP contribution in [0, 0.1) is 0 Å². The fourth-order valence-electron chi connectivity index (χ4n) is 3.10. The fourth-order valence-corrected chi connectivity index (χ4v) is 3.10. The molecule has 2 rings (SSSR count). The van der Waals surface area contributed by atoms with Gasteiger partial charge in [0.25, 0.3) is 6.43 Å². The third kappa shape index (κ3) is 6.50. The third-order valence-corrected chi connectivity index (χ3v) is 4.43. The second-order valence-electron chi connectivity index (χ2n) is 6.12. The second-order valence-corrected chi connectivity index (χ2v) is 6.12. The predicted octanol–water partition coefficient (Wildman–Crippen LogP) is 2.29. The molecule has 0 atom stereocenters. The molecular weight excluding hydrogens is 485 g/mol. The summed E-state index contributed by atoms with van der Waals surface area (Å²) < 4.78 is 41.0. The van der Waals surface area contributed by atoms with Crippen molar-refractivity contribution in [3.63, 3.8) is 0 Å². The molecule has 1 saturated heterocycles. The molecule has 0 amide bonds. The maximum absolute atomic E-state index is 12.4. The van der Waals surface area contributed by atoms with Crippen LogP contribution in [0.2, 0.25) is 0 Å². The van der Waals surface area contributed by atoms with Crippen molar-refractivity contribution in [1.29, 1.82) is 0 Å². The Bertz CT molecular complexity index is 616. The first kappa shape index (κ1) is 24.5. The highest BCUT2D eigenvalue weighted by Crippen LogP contribution is 2.38. The number of hydrogen-bond acceptors (Lipinski definition) is 5. The van der Waals surface area contributed by atoms with Crippen LogP contribution in [0.25, 0.3) is 0 Å². The van der Waals surface area contributed by atoms with Crippen LogP contribution in [-0.2, 0) is 6.54 Å². The van der Waals surface area contributed by atoms with Gasteiger partial charge < -0.3 is 24.4 Å². The summed E-state index contributed by atoms with van der Waals surface area (Å²) in [4.78, 5) is 8.37. The zero-order chi connectivity index (χ0) is 19.8. The standard InChI is InChI=1S/C18H28F2N4O3.HI/c1-21-18(22-11-16(19)20)24-7-5-23(6-8-24)12-13-9-14(25-2)17(27-4)15(10-13)26-3;/h9-10,16H,5-8,11-12H2,1-4H3,(H,21,22);1H. The number of rotatable bonds is 7.